The number of ether oxygens (including phenoxy) is 1. The lowest BCUT2D eigenvalue weighted by Gasteiger charge is -2.37. The molecule has 0 radical (unpaired) electrons. The van der Waals surface area contributed by atoms with E-state index in [0.717, 1.165) is 32.4 Å². The van der Waals surface area contributed by atoms with Crippen molar-refractivity contribution in [1.29, 1.82) is 0 Å². The van der Waals surface area contributed by atoms with Gasteiger partial charge in [-0.3, -0.25) is 0 Å². The molecule has 1 N–H and O–H groups in total. The quantitative estimate of drug-likeness (QED) is 0.641. The van der Waals surface area contributed by atoms with Gasteiger partial charge in [0.15, 0.2) is 0 Å². The van der Waals surface area contributed by atoms with Gasteiger partial charge in [0.2, 0.25) is 0 Å². The Balaban J connectivity index is 4.48. The highest BCUT2D eigenvalue weighted by atomic mass is 16.5. The van der Waals surface area contributed by atoms with Crippen LogP contribution in [0.3, 0.4) is 0 Å². The molecule has 0 rings (SSSR count). The minimum atomic E-state index is -0.0693. The van der Waals surface area contributed by atoms with Gasteiger partial charge in [0.05, 0.1) is 5.60 Å². The van der Waals surface area contributed by atoms with Gasteiger partial charge < -0.3 is 10.1 Å². The fraction of sp³-hybridized carbons (Fsp3) is 0.857. The average molecular weight is 225 g/mol. The smallest absolute Gasteiger partial charge is 0.0804 e. The van der Waals surface area contributed by atoms with Crippen molar-refractivity contribution in [2.24, 2.45) is 0 Å². The predicted molar refractivity (Wildman–Crippen MR) is 70.5 cm³/mol. The fourth-order valence-corrected chi connectivity index (χ4v) is 1.99. The Labute approximate surface area is 101 Å². The molecular formula is C14H27NO. The molecule has 16 heavy (non-hydrogen) atoms. The van der Waals surface area contributed by atoms with Gasteiger partial charge in [-0.05, 0) is 40.2 Å². The van der Waals surface area contributed by atoms with Gasteiger partial charge in [0.1, 0.15) is 0 Å². The normalized spacial score (nSPS) is 16.1. The van der Waals surface area contributed by atoms with E-state index in [4.69, 9.17) is 4.74 Å². The molecule has 2 unspecified atom stereocenters. The van der Waals surface area contributed by atoms with Crippen molar-refractivity contribution in [3.8, 4) is 11.8 Å². The first-order valence-electron chi connectivity index (χ1n) is 6.41. The van der Waals surface area contributed by atoms with Crippen LogP contribution in [0.1, 0.15) is 53.9 Å². The summed E-state index contributed by atoms with van der Waals surface area (Å²) in [4.78, 5) is 0. The standard InChI is InChI=1S/C14H27NO/c1-6-10-11-12-13(15-8-3)14(5,7-2)16-9-4/h13,15H,7-9,11-12H2,1-5H3. The van der Waals surface area contributed by atoms with Crippen molar-refractivity contribution in [3.63, 3.8) is 0 Å². The Morgan fingerprint density at radius 2 is 2.00 bits per heavy atom. The van der Waals surface area contributed by atoms with Crippen molar-refractivity contribution in [2.45, 2.75) is 65.5 Å². The first-order chi connectivity index (χ1) is 7.64. The van der Waals surface area contributed by atoms with Gasteiger partial charge in [-0.2, -0.15) is 0 Å². The third kappa shape index (κ3) is 5.01. The van der Waals surface area contributed by atoms with Crippen LogP contribution >= 0.6 is 0 Å². The second-order valence-corrected chi connectivity index (χ2v) is 4.17. The van der Waals surface area contributed by atoms with Crippen LogP contribution < -0.4 is 5.32 Å². The number of hydrogen-bond donors (Lipinski definition) is 1. The number of likely N-dealkylation sites (N-methyl/N-ethyl adjacent to an activating group) is 1. The molecular weight excluding hydrogens is 198 g/mol. The highest BCUT2D eigenvalue weighted by Crippen LogP contribution is 2.23. The summed E-state index contributed by atoms with van der Waals surface area (Å²) in [6.45, 7) is 12.2. The monoisotopic (exact) mass is 225 g/mol. The minimum absolute atomic E-state index is 0.0693. The first-order valence-corrected chi connectivity index (χ1v) is 6.41. The van der Waals surface area contributed by atoms with Crippen molar-refractivity contribution in [2.75, 3.05) is 13.2 Å². The molecule has 0 saturated heterocycles. The maximum Gasteiger partial charge on any atom is 0.0804 e. The number of hydrogen-bond acceptors (Lipinski definition) is 2. The summed E-state index contributed by atoms with van der Waals surface area (Å²) in [6, 6.07) is 0.392. The average Bonchev–Trinajstić information content (AvgIpc) is 2.28. The minimum Gasteiger partial charge on any atom is -0.374 e. The lowest BCUT2D eigenvalue weighted by atomic mass is 9.89. The van der Waals surface area contributed by atoms with E-state index in [1.165, 1.54) is 0 Å². The summed E-state index contributed by atoms with van der Waals surface area (Å²) >= 11 is 0. The lowest BCUT2D eigenvalue weighted by molar-refractivity contribution is -0.0563. The Morgan fingerprint density at radius 1 is 1.31 bits per heavy atom. The summed E-state index contributed by atoms with van der Waals surface area (Å²) in [5, 5.41) is 3.53. The molecule has 0 aliphatic rings. The van der Waals surface area contributed by atoms with E-state index < -0.39 is 0 Å². The highest BCUT2D eigenvalue weighted by Gasteiger charge is 2.31. The van der Waals surface area contributed by atoms with Gasteiger partial charge in [0, 0.05) is 19.1 Å². The van der Waals surface area contributed by atoms with Gasteiger partial charge in [-0.15, -0.1) is 11.8 Å². The van der Waals surface area contributed by atoms with Gasteiger partial charge in [-0.1, -0.05) is 13.8 Å². The van der Waals surface area contributed by atoms with Gasteiger partial charge in [0.25, 0.3) is 0 Å². The zero-order chi connectivity index (χ0) is 12.4. The van der Waals surface area contributed by atoms with E-state index in [1.54, 1.807) is 0 Å². The Hall–Kier alpha value is -0.520. The van der Waals surface area contributed by atoms with Crippen LogP contribution in [0, 0.1) is 11.8 Å². The molecule has 0 aromatic carbocycles. The molecule has 0 amide bonds. The van der Waals surface area contributed by atoms with Crippen LogP contribution in [0.5, 0.6) is 0 Å². The molecule has 0 spiro atoms. The first kappa shape index (κ1) is 15.5. The zero-order valence-electron chi connectivity index (χ0n) is 11.5. The molecule has 0 saturated carbocycles. The van der Waals surface area contributed by atoms with Crippen LogP contribution in [-0.2, 0) is 4.74 Å². The third-order valence-corrected chi connectivity index (χ3v) is 3.10. The summed E-state index contributed by atoms with van der Waals surface area (Å²) in [7, 11) is 0. The zero-order valence-corrected chi connectivity index (χ0v) is 11.5. The van der Waals surface area contributed by atoms with Crippen molar-refractivity contribution < 1.29 is 4.74 Å². The van der Waals surface area contributed by atoms with Gasteiger partial charge in [-0.25, -0.2) is 0 Å². The molecule has 2 heteroatoms. The molecule has 2 atom stereocenters. The van der Waals surface area contributed by atoms with Crippen molar-refractivity contribution >= 4 is 0 Å². The largest absolute Gasteiger partial charge is 0.374 e. The predicted octanol–water partition coefficient (Wildman–Crippen LogP) is 2.97. The van der Waals surface area contributed by atoms with Crippen LogP contribution in [0.4, 0.5) is 0 Å². The van der Waals surface area contributed by atoms with E-state index >= 15 is 0 Å². The van der Waals surface area contributed by atoms with Crippen LogP contribution in [0.15, 0.2) is 0 Å². The van der Waals surface area contributed by atoms with Crippen molar-refractivity contribution in [3.05, 3.63) is 0 Å². The third-order valence-electron chi connectivity index (χ3n) is 3.10. The molecule has 0 aliphatic carbocycles. The fourth-order valence-electron chi connectivity index (χ4n) is 1.99. The van der Waals surface area contributed by atoms with E-state index in [0.29, 0.717) is 6.04 Å². The molecule has 0 aromatic rings. The molecule has 0 bridgehead atoms. The lowest BCUT2D eigenvalue weighted by Crippen LogP contribution is -2.50. The molecule has 2 nitrogen and oxygen atoms in total. The topological polar surface area (TPSA) is 21.3 Å². The Kier molecular flexibility index (Phi) is 8.33. The SMILES string of the molecule is CC#CCCC(NCC)C(C)(CC)OCC. The summed E-state index contributed by atoms with van der Waals surface area (Å²) < 4.78 is 5.91. The second kappa shape index (κ2) is 8.61. The second-order valence-electron chi connectivity index (χ2n) is 4.17. The molecule has 0 heterocycles. The molecule has 0 fully saturated rings. The maximum atomic E-state index is 5.91. The van der Waals surface area contributed by atoms with E-state index in [-0.39, 0.29) is 5.60 Å². The van der Waals surface area contributed by atoms with Crippen LogP contribution in [0.2, 0.25) is 0 Å². The summed E-state index contributed by atoms with van der Waals surface area (Å²) in [5.74, 6) is 6.08. The van der Waals surface area contributed by atoms with Crippen molar-refractivity contribution in [1.82, 2.24) is 5.32 Å². The van der Waals surface area contributed by atoms with E-state index in [2.05, 4.69) is 44.9 Å². The van der Waals surface area contributed by atoms with E-state index in [9.17, 15) is 0 Å². The molecule has 0 aromatic heterocycles. The Morgan fingerprint density at radius 3 is 2.44 bits per heavy atom. The summed E-state index contributed by atoms with van der Waals surface area (Å²) in [6.07, 6.45) is 3.02. The van der Waals surface area contributed by atoms with E-state index in [1.807, 2.05) is 6.92 Å². The van der Waals surface area contributed by atoms with Crippen LogP contribution in [0.25, 0.3) is 0 Å². The number of rotatable bonds is 8. The summed E-state index contributed by atoms with van der Waals surface area (Å²) in [5.41, 5.74) is -0.0693. The molecule has 94 valence electrons. The highest BCUT2D eigenvalue weighted by molar-refractivity contribution is 4.98. The van der Waals surface area contributed by atoms with Gasteiger partial charge >= 0.3 is 0 Å². The maximum absolute atomic E-state index is 5.91. The number of nitrogens with one attached hydrogen (secondary N) is 1. The molecule has 0 aliphatic heterocycles. The van der Waals surface area contributed by atoms with Crippen LogP contribution in [-0.4, -0.2) is 24.8 Å². The Bertz CT molecular complexity index is 229.